The topological polar surface area (TPSA) is 12.5 Å². The van der Waals surface area contributed by atoms with E-state index in [0.717, 1.165) is 22.8 Å². The molecule has 3 rings (SSSR count). The third kappa shape index (κ3) is 2.67. The number of ether oxygens (including phenoxy) is 1. The van der Waals surface area contributed by atoms with E-state index in [4.69, 9.17) is 4.74 Å². The van der Waals surface area contributed by atoms with Gasteiger partial charge >= 0.3 is 0 Å². The van der Waals surface area contributed by atoms with Gasteiger partial charge in [-0.1, -0.05) is 12.1 Å². The minimum Gasteiger partial charge on any atom is -0.497 e. The Kier molecular flexibility index (Phi) is 3.80. The van der Waals surface area contributed by atoms with Gasteiger partial charge in [0.2, 0.25) is 0 Å². The fourth-order valence-electron chi connectivity index (χ4n) is 3.10. The largest absolute Gasteiger partial charge is 0.497 e. The maximum absolute atomic E-state index is 5.18. The van der Waals surface area contributed by atoms with E-state index in [1.165, 1.54) is 37.9 Å². The molecule has 3 heteroatoms. The summed E-state index contributed by atoms with van der Waals surface area (Å²) in [7, 11) is 1.72. The Balaban J connectivity index is 1.49. The van der Waals surface area contributed by atoms with Crippen molar-refractivity contribution in [2.24, 2.45) is 0 Å². The lowest BCUT2D eigenvalue weighted by atomic mass is 10.2. The smallest absolute Gasteiger partial charge is 0.118 e. The van der Waals surface area contributed by atoms with Gasteiger partial charge < -0.3 is 4.74 Å². The van der Waals surface area contributed by atoms with Gasteiger partial charge in [0.1, 0.15) is 5.75 Å². The van der Waals surface area contributed by atoms with Crippen LogP contribution in [-0.4, -0.2) is 36.4 Å². The van der Waals surface area contributed by atoms with Gasteiger partial charge in [-0.2, -0.15) is 11.8 Å². The van der Waals surface area contributed by atoms with E-state index in [1.807, 2.05) is 0 Å². The van der Waals surface area contributed by atoms with Crippen molar-refractivity contribution in [2.45, 2.75) is 36.3 Å². The highest BCUT2D eigenvalue weighted by Gasteiger charge is 2.34. The van der Waals surface area contributed by atoms with Gasteiger partial charge in [0, 0.05) is 23.6 Å². The monoisotopic (exact) mass is 263 g/mol. The molecule has 0 saturated carbocycles. The minimum atomic E-state index is 0.845. The van der Waals surface area contributed by atoms with Crippen LogP contribution in [0.25, 0.3) is 0 Å². The first-order chi connectivity index (χ1) is 8.85. The Morgan fingerprint density at radius 3 is 2.89 bits per heavy atom. The lowest BCUT2D eigenvalue weighted by molar-refractivity contribution is 0.325. The molecule has 0 radical (unpaired) electrons. The molecule has 0 amide bonds. The van der Waals surface area contributed by atoms with Crippen LogP contribution in [0.3, 0.4) is 0 Å². The molecule has 2 saturated heterocycles. The van der Waals surface area contributed by atoms with E-state index >= 15 is 0 Å². The van der Waals surface area contributed by atoms with Crippen LogP contribution in [0.5, 0.6) is 5.75 Å². The lowest BCUT2D eigenvalue weighted by Gasteiger charge is -2.13. The minimum absolute atomic E-state index is 0.845. The Bertz CT molecular complexity index is 380. The molecule has 98 valence electrons. The Hall–Kier alpha value is -0.670. The summed E-state index contributed by atoms with van der Waals surface area (Å²) in [6.07, 6.45) is 4.25. The van der Waals surface area contributed by atoms with Crippen LogP contribution in [0.4, 0.5) is 0 Å². The van der Waals surface area contributed by atoms with Crippen molar-refractivity contribution in [1.82, 2.24) is 4.90 Å². The molecule has 0 bridgehead atoms. The average Bonchev–Trinajstić information content (AvgIpc) is 2.97. The van der Waals surface area contributed by atoms with Gasteiger partial charge in [-0.3, -0.25) is 4.90 Å². The van der Waals surface area contributed by atoms with Crippen LogP contribution in [0.2, 0.25) is 0 Å². The zero-order chi connectivity index (χ0) is 12.4. The van der Waals surface area contributed by atoms with E-state index < -0.39 is 0 Å². The summed E-state index contributed by atoms with van der Waals surface area (Å²) in [5.74, 6) is 2.08. The summed E-state index contributed by atoms with van der Waals surface area (Å²) in [6.45, 7) is 2.65. The Morgan fingerprint density at radius 1 is 1.33 bits per heavy atom. The molecular weight excluding hydrogens is 242 g/mol. The summed E-state index contributed by atoms with van der Waals surface area (Å²) in [5.41, 5.74) is 1.41. The maximum Gasteiger partial charge on any atom is 0.118 e. The zero-order valence-electron chi connectivity index (χ0n) is 11.0. The van der Waals surface area contributed by atoms with E-state index in [-0.39, 0.29) is 0 Å². The fourth-order valence-corrected chi connectivity index (χ4v) is 4.37. The molecule has 2 aliphatic heterocycles. The van der Waals surface area contributed by atoms with Gasteiger partial charge in [0.05, 0.1) is 7.11 Å². The quantitative estimate of drug-likeness (QED) is 0.828. The number of rotatable bonds is 4. The predicted molar refractivity (Wildman–Crippen MR) is 77.3 cm³/mol. The molecule has 0 aliphatic carbocycles. The van der Waals surface area contributed by atoms with Crippen LogP contribution in [0.15, 0.2) is 24.3 Å². The number of thioether (sulfide) groups is 1. The SMILES string of the molecule is COc1ccc(CSC2CC3CCCN3C2)cc1. The van der Waals surface area contributed by atoms with Crippen LogP contribution in [-0.2, 0) is 5.75 Å². The normalized spacial score (nSPS) is 27.4. The standard InChI is InChI=1S/C15H21NOS/c1-17-14-6-4-12(5-7-14)11-18-15-9-13-3-2-8-16(13)10-15/h4-7,13,15H,2-3,8-11H2,1H3. The van der Waals surface area contributed by atoms with Crippen LogP contribution in [0.1, 0.15) is 24.8 Å². The summed E-state index contributed by atoms with van der Waals surface area (Å²) < 4.78 is 5.18. The number of benzene rings is 1. The number of hydrogen-bond donors (Lipinski definition) is 0. The van der Waals surface area contributed by atoms with E-state index in [9.17, 15) is 0 Å². The lowest BCUT2D eigenvalue weighted by Crippen LogP contribution is -2.22. The third-order valence-corrected chi connectivity index (χ3v) is 5.43. The van der Waals surface area contributed by atoms with Crippen molar-refractivity contribution in [3.8, 4) is 5.75 Å². The molecule has 2 unspecified atom stereocenters. The fraction of sp³-hybridized carbons (Fsp3) is 0.600. The molecule has 2 fully saturated rings. The van der Waals surface area contributed by atoms with Gasteiger partial charge in [0.15, 0.2) is 0 Å². The van der Waals surface area contributed by atoms with Crippen molar-refractivity contribution in [1.29, 1.82) is 0 Å². The maximum atomic E-state index is 5.18. The molecule has 1 aromatic carbocycles. The van der Waals surface area contributed by atoms with E-state index in [0.29, 0.717) is 0 Å². The highest BCUT2D eigenvalue weighted by Crippen LogP contribution is 2.35. The molecule has 2 atom stereocenters. The van der Waals surface area contributed by atoms with E-state index in [2.05, 4.69) is 40.9 Å². The van der Waals surface area contributed by atoms with Gasteiger partial charge in [-0.25, -0.2) is 0 Å². The first kappa shape index (κ1) is 12.4. The van der Waals surface area contributed by atoms with Gasteiger partial charge in [0.25, 0.3) is 0 Å². The molecule has 2 aliphatic rings. The molecule has 2 nitrogen and oxygen atoms in total. The Labute approximate surface area is 114 Å². The van der Waals surface area contributed by atoms with Crippen molar-refractivity contribution in [2.75, 3.05) is 20.2 Å². The number of methoxy groups -OCH3 is 1. The average molecular weight is 263 g/mol. The summed E-state index contributed by atoms with van der Waals surface area (Å²) >= 11 is 2.12. The van der Waals surface area contributed by atoms with Gasteiger partial charge in [-0.05, 0) is 43.5 Å². The zero-order valence-corrected chi connectivity index (χ0v) is 11.8. The third-order valence-electron chi connectivity index (χ3n) is 4.12. The van der Waals surface area contributed by atoms with Crippen LogP contribution < -0.4 is 4.74 Å². The molecule has 18 heavy (non-hydrogen) atoms. The first-order valence-corrected chi connectivity index (χ1v) is 7.88. The van der Waals surface area contributed by atoms with Crippen molar-refractivity contribution >= 4 is 11.8 Å². The molecule has 2 heterocycles. The second-order valence-corrected chi connectivity index (χ2v) is 6.60. The van der Waals surface area contributed by atoms with E-state index in [1.54, 1.807) is 7.11 Å². The first-order valence-electron chi connectivity index (χ1n) is 6.84. The summed E-state index contributed by atoms with van der Waals surface area (Å²) in [5, 5.41) is 0.845. The summed E-state index contributed by atoms with van der Waals surface area (Å²) in [4.78, 5) is 2.69. The number of hydrogen-bond acceptors (Lipinski definition) is 3. The predicted octanol–water partition coefficient (Wildman–Crippen LogP) is 3.17. The highest BCUT2D eigenvalue weighted by atomic mass is 32.2. The second-order valence-electron chi connectivity index (χ2n) is 5.31. The number of nitrogens with zero attached hydrogens (tertiary/aromatic N) is 1. The van der Waals surface area contributed by atoms with Crippen molar-refractivity contribution in [3.63, 3.8) is 0 Å². The molecular formula is C15H21NOS. The second kappa shape index (κ2) is 5.54. The number of fused-ring (bicyclic) bond motifs is 1. The highest BCUT2D eigenvalue weighted by molar-refractivity contribution is 7.99. The van der Waals surface area contributed by atoms with Crippen molar-refractivity contribution < 1.29 is 4.74 Å². The molecule has 0 aromatic heterocycles. The molecule has 0 spiro atoms. The Morgan fingerprint density at radius 2 is 2.17 bits per heavy atom. The van der Waals surface area contributed by atoms with Crippen LogP contribution in [0, 0.1) is 0 Å². The van der Waals surface area contributed by atoms with Gasteiger partial charge in [-0.15, -0.1) is 0 Å². The summed E-state index contributed by atoms with van der Waals surface area (Å²) in [6, 6.07) is 9.38. The van der Waals surface area contributed by atoms with Crippen molar-refractivity contribution in [3.05, 3.63) is 29.8 Å². The van der Waals surface area contributed by atoms with Crippen LogP contribution >= 0.6 is 11.8 Å². The molecule has 0 N–H and O–H groups in total. The molecule has 1 aromatic rings.